The van der Waals surface area contributed by atoms with Gasteiger partial charge in [0.05, 0.1) is 12.2 Å². The SMILES string of the molecule is CC12C=CC(=O)C=C1C(F)CC1C3CC4CN(Cc5ccc(Cl)cc5)OC4(C(=O)SCCC#N)C3(C)CC(O)C12C. The van der Waals surface area contributed by atoms with E-state index in [0.29, 0.717) is 42.3 Å². The summed E-state index contributed by atoms with van der Waals surface area (Å²) < 4.78 is 16.0. The number of carbonyl (C=O) groups excluding carboxylic acids is 2. The lowest BCUT2D eigenvalue weighted by Crippen LogP contribution is -2.67. The average Bonchev–Trinajstić information content (AvgIpc) is 3.40. The van der Waals surface area contributed by atoms with Gasteiger partial charge in [0.2, 0.25) is 5.12 Å². The number of aliphatic hydroxyl groups excluding tert-OH is 1. The van der Waals surface area contributed by atoms with Crippen molar-refractivity contribution in [3.05, 3.63) is 58.7 Å². The molecule has 1 saturated heterocycles. The fraction of sp³-hybridized carbons (Fsp3) is 0.594. The van der Waals surface area contributed by atoms with Gasteiger partial charge < -0.3 is 5.11 Å². The minimum Gasteiger partial charge on any atom is -0.392 e. The second-order valence-electron chi connectivity index (χ2n) is 13.1. The lowest BCUT2D eigenvalue weighted by atomic mass is 9.39. The lowest BCUT2D eigenvalue weighted by Gasteiger charge is -2.66. The molecule has 1 heterocycles. The molecule has 0 spiro atoms. The van der Waals surface area contributed by atoms with Crippen molar-refractivity contribution in [1.82, 2.24) is 5.06 Å². The average molecular weight is 599 g/mol. The highest BCUT2D eigenvalue weighted by atomic mass is 35.5. The number of thioether (sulfide) groups is 1. The molecule has 0 amide bonds. The zero-order valence-electron chi connectivity index (χ0n) is 23.6. The van der Waals surface area contributed by atoms with Crippen LogP contribution in [0.5, 0.6) is 0 Å². The van der Waals surface area contributed by atoms with Crippen molar-refractivity contribution < 1.29 is 23.9 Å². The number of allylic oxidation sites excluding steroid dienone is 4. The summed E-state index contributed by atoms with van der Waals surface area (Å²) in [5.74, 6) is -0.291. The van der Waals surface area contributed by atoms with E-state index in [0.717, 1.165) is 17.3 Å². The van der Waals surface area contributed by atoms with Crippen LogP contribution in [-0.4, -0.2) is 51.2 Å². The van der Waals surface area contributed by atoms with Crippen LogP contribution in [0.15, 0.2) is 48.1 Å². The zero-order chi connectivity index (χ0) is 29.4. The van der Waals surface area contributed by atoms with Gasteiger partial charge in [-0.2, -0.15) is 10.3 Å². The summed E-state index contributed by atoms with van der Waals surface area (Å²) in [6, 6.07) is 9.65. The number of nitriles is 1. The van der Waals surface area contributed by atoms with Crippen LogP contribution >= 0.6 is 23.4 Å². The van der Waals surface area contributed by atoms with Crippen molar-refractivity contribution in [3.63, 3.8) is 0 Å². The van der Waals surface area contributed by atoms with Crippen LogP contribution < -0.4 is 0 Å². The highest BCUT2D eigenvalue weighted by molar-refractivity contribution is 8.13. The molecule has 0 bridgehead atoms. The van der Waals surface area contributed by atoms with E-state index >= 15 is 4.39 Å². The van der Waals surface area contributed by atoms with Crippen LogP contribution in [0, 0.1) is 45.3 Å². The van der Waals surface area contributed by atoms with Gasteiger partial charge in [-0.15, -0.1) is 0 Å². The van der Waals surface area contributed by atoms with Crippen LogP contribution in [0.3, 0.4) is 0 Å². The van der Waals surface area contributed by atoms with E-state index in [2.05, 4.69) is 13.0 Å². The van der Waals surface area contributed by atoms with Crippen molar-refractivity contribution in [3.8, 4) is 6.07 Å². The largest absolute Gasteiger partial charge is 0.392 e. The molecule has 3 saturated carbocycles. The van der Waals surface area contributed by atoms with Gasteiger partial charge in [0.15, 0.2) is 11.4 Å². The summed E-state index contributed by atoms with van der Waals surface area (Å²) in [7, 11) is 0. The van der Waals surface area contributed by atoms with Gasteiger partial charge in [0.1, 0.15) is 6.17 Å². The standard InChI is InChI=1S/C32H36ClFN2O4S/c1-29-10-9-22(37)14-25(29)26(34)15-24-23-13-20-18-36(17-19-5-7-21(33)8-6-19)40-32(20,28(39)41-12-4-11-35)30(23,2)16-27(38)31(24,29)3/h5-10,14,20,23-24,26-27,38H,4,12-13,15-18H2,1-3H3. The van der Waals surface area contributed by atoms with Gasteiger partial charge in [-0.25, -0.2) is 4.39 Å². The monoisotopic (exact) mass is 598 g/mol. The van der Waals surface area contributed by atoms with Gasteiger partial charge in [-0.3, -0.25) is 14.4 Å². The van der Waals surface area contributed by atoms with Crippen molar-refractivity contribution >= 4 is 34.3 Å². The third-order valence-electron chi connectivity index (χ3n) is 11.5. The minimum absolute atomic E-state index is 0.0678. The van der Waals surface area contributed by atoms with Gasteiger partial charge >= 0.3 is 0 Å². The molecule has 218 valence electrons. The van der Waals surface area contributed by atoms with E-state index in [1.165, 1.54) is 12.2 Å². The number of carbonyl (C=O) groups is 2. The normalized spacial score (nSPS) is 43.0. The number of hydrogen-bond acceptors (Lipinski definition) is 7. The summed E-state index contributed by atoms with van der Waals surface area (Å²) in [5, 5.41) is 23.6. The quantitative estimate of drug-likeness (QED) is 0.426. The number of hydrogen-bond donors (Lipinski definition) is 1. The maximum Gasteiger partial charge on any atom is 0.223 e. The Morgan fingerprint density at radius 2 is 1.98 bits per heavy atom. The number of fused-ring (bicyclic) bond motifs is 7. The van der Waals surface area contributed by atoms with Gasteiger partial charge in [0, 0.05) is 52.4 Å². The predicted molar refractivity (Wildman–Crippen MR) is 155 cm³/mol. The summed E-state index contributed by atoms with van der Waals surface area (Å²) in [6.07, 6.45) is 4.01. The lowest BCUT2D eigenvalue weighted by molar-refractivity contribution is -0.262. The first-order chi connectivity index (χ1) is 19.4. The van der Waals surface area contributed by atoms with Crippen molar-refractivity contribution in [2.45, 2.75) is 70.9 Å². The molecule has 0 aromatic heterocycles. The van der Waals surface area contributed by atoms with Crippen LogP contribution in [0.1, 0.15) is 52.0 Å². The molecule has 1 aromatic carbocycles. The molecule has 5 aliphatic rings. The molecule has 9 unspecified atom stereocenters. The van der Waals surface area contributed by atoms with E-state index in [4.69, 9.17) is 21.7 Å². The second-order valence-corrected chi connectivity index (χ2v) is 14.6. The molecule has 1 aliphatic heterocycles. The van der Waals surface area contributed by atoms with Crippen molar-refractivity contribution in [2.75, 3.05) is 12.3 Å². The Labute approximate surface area is 249 Å². The van der Waals surface area contributed by atoms with Crippen LogP contribution in [-0.2, 0) is 21.0 Å². The number of ketones is 1. The molecule has 4 fully saturated rings. The molecule has 9 atom stereocenters. The molecule has 4 aliphatic carbocycles. The van der Waals surface area contributed by atoms with Gasteiger partial charge in [-0.1, -0.05) is 62.3 Å². The van der Waals surface area contributed by atoms with E-state index < -0.39 is 34.1 Å². The number of rotatable bonds is 5. The van der Waals surface area contributed by atoms with Crippen molar-refractivity contribution in [2.24, 2.45) is 34.0 Å². The van der Waals surface area contributed by atoms with E-state index in [1.807, 2.05) is 43.2 Å². The van der Waals surface area contributed by atoms with Crippen LogP contribution in [0.25, 0.3) is 0 Å². The number of halogens is 2. The molecule has 1 aromatic rings. The zero-order valence-corrected chi connectivity index (χ0v) is 25.2. The number of alkyl halides is 1. The first-order valence-corrected chi connectivity index (χ1v) is 15.8. The first kappa shape index (κ1) is 29.1. The maximum atomic E-state index is 16.0. The Bertz CT molecular complexity index is 1380. The molecule has 6 rings (SSSR count). The number of aliphatic hydroxyl groups is 1. The molecular formula is C32H36ClFN2O4S. The summed E-state index contributed by atoms with van der Waals surface area (Å²) in [6.45, 7) is 7.06. The summed E-state index contributed by atoms with van der Waals surface area (Å²) in [4.78, 5) is 33.3. The van der Waals surface area contributed by atoms with Crippen LogP contribution in [0.4, 0.5) is 4.39 Å². The van der Waals surface area contributed by atoms with E-state index in [9.17, 15) is 14.7 Å². The Balaban J connectivity index is 1.39. The number of nitrogens with zero attached hydrogens (tertiary/aromatic N) is 2. The molecule has 1 N–H and O–H groups in total. The summed E-state index contributed by atoms with van der Waals surface area (Å²) in [5.41, 5.74) is -2.03. The van der Waals surface area contributed by atoms with Crippen molar-refractivity contribution in [1.29, 1.82) is 5.26 Å². The highest BCUT2D eigenvalue weighted by Crippen LogP contribution is 2.74. The smallest absolute Gasteiger partial charge is 0.223 e. The Morgan fingerprint density at radius 1 is 1.24 bits per heavy atom. The molecule has 0 radical (unpaired) electrons. The summed E-state index contributed by atoms with van der Waals surface area (Å²) >= 11 is 7.22. The van der Waals surface area contributed by atoms with E-state index in [-0.39, 0.29) is 41.5 Å². The van der Waals surface area contributed by atoms with Gasteiger partial charge in [0.25, 0.3) is 0 Å². The second kappa shape index (κ2) is 10.0. The number of benzene rings is 1. The predicted octanol–water partition coefficient (Wildman–Crippen LogP) is 5.84. The first-order valence-electron chi connectivity index (χ1n) is 14.4. The Morgan fingerprint density at radius 3 is 2.68 bits per heavy atom. The fourth-order valence-electron chi connectivity index (χ4n) is 9.25. The topological polar surface area (TPSA) is 90.6 Å². The fourth-order valence-corrected chi connectivity index (χ4v) is 10.4. The van der Waals surface area contributed by atoms with Crippen LogP contribution in [0.2, 0.25) is 5.02 Å². The highest BCUT2D eigenvalue weighted by Gasteiger charge is 2.78. The maximum absolute atomic E-state index is 16.0. The number of hydroxylamine groups is 2. The third-order valence-corrected chi connectivity index (χ3v) is 12.7. The Hall–Kier alpha value is -2.02. The molecule has 6 nitrogen and oxygen atoms in total. The van der Waals surface area contributed by atoms with Gasteiger partial charge in [-0.05, 0) is 66.5 Å². The minimum atomic E-state index is -1.30. The Kier molecular flexibility index (Phi) is 7.11. The molecule has 9 heteroatoms. The third kappa shape index (κ3) is 3.99. The van der Waals surface area contributed by atoms with E-state index in [1.54, 1.807) is 6.08 Å². The molecular weight excluding hydrogens is 563 g/mol. The molecule has 41 heavy (non-hydrogen) atoms.